The highest BCUT2D eigenvalue weighted by atomic mass is 35.5. The second-order valence-corrected chi connectivity index (χ2v) is 7.84. The zero-order valence-corrected chi connectivity index (χ0v) is 11.7. The largest absolute Gasteiger partial charge is 0.317 e. The van der Waals surface area contributed by atoms with E-state index in [0.717, 1.165) is 14.9 Å². The number of halogens is 1. The minimum Gasteiger partial charge on any atom is -0.317 e. The van der Waals surface area contributed by atoms with Crippen LogP contribution in [0.1, 0.15) is 4.88 Å². The molecular weight excluding hydrogens is 300 g/mol. The van der Waals surface area contributed by atoms with Crippen molar-refractivity contribution in [2.24, 2.45) is 4.40 Å². The Morgan fingerprint density at radius 1 is 1.41 bits per heavy atom. The summed E-state index contributed by atoms with van der Waals surface area (Å²) in [7, 11) is -3.27. The number of nitrogens with zero attached hydrogens (tertiary/aromatic N) is 2. The van der Waals surface area contributed by atoms with Gasteiger partial charge in [-0.3, -0.25) is 0 Å². The summed E-state index contributed by atoms with van der Waals surface area (Å²) in [5, 5.41) is 2.46. The van der Waals surface area contributed by atoms with Gasteiger partial charge in [0.1, 0.15) is 0 Å². The fraction of sp³-hybridized carbons (Fsp3) is 0.222. The molecule has 17 heavy (non-hydrogen) atoms. The number of amidine groups is 1. The van der Waals surface area contributed by atoms with Gasteiger partial charge in [0.2, 0.25) is 0 Å². The number of sulfonamides is 1. The van der Waals surface area contributed by atoms with Crippen molar-refractivity contribution < 1.29 is 8.42 Å². The predicted molar refractivity (Wildman–Crippen MR) is 72.8 cm³/mol. The Labute approximate surface area is 112 Å². The van der Waals surface area contributed by atoms with Crippen molar-refractivity contribution in [3.8, 4) is 0 Å². The molecule has 0 amide bonds. The first-order valence-corrected chi connectivity index (χ1v) is 8.46. The molecule has 1 aromatic rings. The van der Waals surface area contributed by atoms with E-state index >= 15 is 0 Å². The topological polar surface area (TPSA) is 49.7 Å². The maximum atomic E-state index is 11.4. The van der Waals surface area contributed by atoms with Crippen LogP contribution >= 0.6 is 34.7 Å². The van der Waals surface area contributed by atoms with Crippen molar-refractivity contribution in [2.75, 3.05) is 12.3 Å². The van der Waals surface area contributed by atoms with E-state index in [0.29, 0.717) is 11.7 Å². The molecule has 0 fully saturated rings. The van der Waals surface area contributed by atoms with Gasteiger partial charge in [0.15, 0.2) is 5.17 Å². The first-order chi connectivity index (χ1) is 8.05. The van der Waals surface area contributed by atoms with Crippen LogP contribution in [0.4, 0.5) is 0 Å². The molecule has 8 heteroatoms. The van der Waals surface area contributed by atoms with E-state index < -0.39 is 10.0 Å². The Balaban J connectivity index is 1.97. The molecule has 0 saturated heterocycles. The molecule has 3 heterocycles. The predicted octanol–water partition coefficient (Wildman–Crippen LogP) is 2.45. The molecule has 1 aromatic heterocycles. The maximum Gasteiger partial charge on any atom is 0.257 e. The lowest BCUT2D eigenvalue weighted by molar-refractivity contribution is 0.567. The van der Waals surface area contributed by atoms with Gasteiger partial charge in [0, 0.05) is 12.0 Å². The molecule has 0 N–H and O–H groups in total. The van der Waals surface area contributed by atoms with Gasteiger partial charge in [-0.2, -0.15) is 0 Å². The van der Waals surface area contributed by atoms with Gasteiger partial charge in [-0.05, 0) is 12.1 Å². The van der Waals surface area contributed by atoms with Gasteiger partial charge < -0.3 is 4.90 Å². The summed E-state index contributed by atoms with van der Waals surface area (Å²) in [6.07, 6.45) is 0. The third-order valence-electron chi connectivity index (χ3n) is 2.41. The van der Waals surface area contributed by atoms with Crippen LogP contribution in [0, 0.1) is 0 Å². The third-order valence-corrected chi connectivity index (χ3v) is 5.80. The molecule has 0 unspecified atom stereocenters. The normalized spacial score (nSPS) is 22.1. The number of hydrogen-bond acceptors (Lipinski definition) is 5. The molecule has 0 radical (unpaired) electrons. The quantitative estimate of drug-likeness (QED) is 0.799. The molecule has 2 aliphatic heterocycles. The summed E-state index contributed by atoms with van der Waals surface area (Å²) in [6.45, 7) is 0.454. The van der Waals surface area contributed by atoms with Gasteiger partial charge in [0.05, 0.1) is 20.7 Å². The van der Waals surface area contributed by atoms with Crippen LogP contribution in [0.15, 0.2) is 21.9 Å². The first kappa shape index (κ1) is 11.6. The van der Waals surface area contributed by atoms with Gasteiger partial charge in [-0.1, -0.05) is 23.4 Å². The van der Waals surface area contributed by atoms with Gasteiger partial charge in [-0.25, -0.2) is 8.42 Å². The highest BCUT2D eigenvalue weighted by Crippen LogP contribution is 2.38. The van der Waals surface area contributed by atoms with E-state index in [4.69, 9.17) is 11.6 Å². The van der Waals surface area contributed by atoms with Crippen LogP contribution in [-0.2, 0) is 10.0 Å². The lowest BCUT2D eigenvalue weighted by Crippen LogP contribution is -2.33. The standard InChI is InChI=1S/C9H7ClN2O2S3/c10-8-2-1-7(16-8)6-5-15-9-11-17(13,14)4-3-12(6)9/h1-2,5H,3-4H2. The van der Waals surface area contributed by atoms with Gasteiger partial charge >= 0.3 is 0 Å². The lowest BCUT2D eigenvalue weighted by atomic mass is 10.3. The van der Waals surface area contributed by atoms with Crippen LogP contribution in [0.25, 0.3) is 5.70 Å². The minimum absolute atomic E-state index is 0.0630. The van der Waals surface area contributed by atoms with Crippen LogP contribution in [-0.4, -0.2) is 30.8 Å². The Hall–Kier alpha value is -0.500. The van der Waals surface area contributed by atoms with E-state index in [9.17, 15) is 8.42 Å². The minimum atomic E-state index is -3.27. The summed E-state index contributed by atoms with van der Waals surface area (Å²) >= 11 is 8.72. The Morgan fingerprint density at radius 2 is 2.24 bits per heavy atom. The second kappa shape index (κ2) is 4.01. The number of thiophene rings is 1. The maximum absolute atomic E-state index is 11.4. The Bertz CT molecular complexity index is 632. The van der Waals surface area contributed by atoms with Crippen molar-refractivity contribution in [1.29, 1.82) is 0 Å². The summed E-state index contributed by atoms with van der Waals surface area (Å²) in [5.41, 5.74) is 0.987. The van der Waals surface area contributed by atoms with Gasteiger partial charge in [0.25, 0.3) is 10.0 Å². The smallest absolute Gasteiger partial charge is 0.257 e. The van der Waals surface area contributed by atoms with E-state index in [2.05, 4.69) is 4.40 Å². The zero-order chi connectivity index (χ0) is 12.0. The molecule has 2 aliphatic rings. The fourth-order valence-electron chi connectivity index (χ4n) is 1.64. The Morgan fingerprint density at radius 3 is 2.94 bits per heavy atom. The van der Waals surface area contributed by atoms with Crippen molar-refractivity contribution in [1.82, 2.24) is 4.90 Å². The Kier molecular flexibility index (Phi) is 2.73. The van der Waals surface area contributed by atoms with Crippen LogP contribution in [0.2, 0.25) is 4.34 Å². The van der Waals surface area contributed by atoms with Crippen LogP contribution in [0.3, 0.4) is 0 Å². The fourth-order valence-corrected chi connectivity index (χ4v) is 4.92. The van der Waals surface area contributed by atoms with Crippen LogP contribution < -0.4 is 0 Å². The summed E-state index contributed by atoms with van der Waals surface area (Å²) in [6, 6.07) is 3.77. The molecule has 90 valence electrons. The highest BCUT2D eigenvalue weighted by molar-refractivity contribution is 8.17. The molecule has 0 aliphatic carbocycles. The zero-order valence-electron chi connectivity index (χ0n) is 8.46. The molecule has 0 spiro atoms. The number of rotatable bonds is 1. The molecule has 4 nitrogen and oxygen atoms in total. The van der Waals surface area contributed by atoms with E-state index in [1.165, 1.54) is 23.1 Å². The summed E-state index contributed by atoms with van der Waals surface area (Å²) < 4.78 is 27.2. The average Bonchev–Trinajstić information content (AvgIpc) is 2.82. The molecule has 0 aromatic carbocycles. The lowest BCUT2D eigenvalue weighted by Gasteiger charge is -2.24. The number of thioether (sulfide) groups is 1. The van der Waals surface area contributed by atoms with E-state index in [-0.39, 0.29) is 5.75 Å². The molecule has 3 rings (SSSR count). The number of hydrogen-bond donors (Lipinski definition) is 0. The van der Waals surface area contributed by atoms with Crippen molar-refractivity contribution >= 4 is 55.6 Å². The van der Waals surface area contributed by atoms with Crippen molar-refractivity contribution in [2.45, 2.75) is 0 Å². The molecular formula is C9H7ClN2O2S3. The van der Waals surface area contributed by atoms with E-state index in [1.807, 2.05) is 22.4 Å². The summed E-state index contributed by atoms with van der Waals surface area (Å²) in [5.74, 6) is 0.0630. The first-order valence-electron chi connectivity index (χ1n) is 4.78. The van der Waals surface area contributed by atoms with Crippen molar-refractivity contribution in [3.05, 3.63) is 26.8 Å². The highest BCUT2D eigenvalue weighted by Gasteiger charge is 2.31. The molecule has 0 bridgehead atoms. The van der Waals surface area contributed by atoms with Crippen molar-refractivity contribution in [3.63, 3.8) is 0 Å². The van der Waals surface area contributed by atoms with Gasteiger partial charge in [-0.15, -0.1) is 15.7 Å². The average molecular weight is 307 g/mol. The van der Waals surface area contributed by atoms with E-state index in [1.54, 1.807) is 0 Å². The summed E-state index contributed by atoms with van der Waals surface area (Å²) in [4.78, 5) is 2.96. The molecule has 0 saturated carbocycles. The monoisotopic (exact) mass is 306 g/mol. The van der Waals surface area contributed by atoms with Crippen LogP contribution in [0.5, 0.6) is 0 Å². The molecule has 0 atom stereocenters. The second-order valence-electron chi connectivity index (χ2n) is 3.54. The number of fused-ring (bicyclic) bond motifs is 1. The SMILES string of the molecule is O=S1(=O)CCN2C(c3ccc(Cl)s3)=CSC2=N1. The third kappa shape index (κ3) is 2.12.